The van der Waals surface area contributed by atoms with Gasteiger partial charge in [-0.1, -0.05) is 60.7 Å². The number of aromatic nitrogens is 2. The minimum Gasteiger partial charge on any atom is -0.353 e. The van der Waals surface area contributed by atoms with Crippen molar-refractivity contribution in [3.63, 3.8) is 0 Å². The maximum atomic E-state index is 13.1. The molecule has 2 aromatic carbocycles. The van der Waals surface area contributed by atoms with E-state index >= 15 is 0 Å². The van der Waals surface area contributed by atoms with Gasteiger partial charge in [-0.25, -0.2) is 4.79 Å². The first-order valence-electron chi connectivity index (χ1n) is 10.2. The zero-order valence-corrected chi connectivity index (χ0v) is 19.2. The molecule has 3 rings (SSSR count). The molecule has 0 saturated heterocycles. The van der Waals surface area contributed by atoms with Gasteiger partial charge < -0.3 is 5.11 Å². The maximum absolute atomic E-state index is 13.1. The van der Waals surface area contributed by atoms with Crippen LogP contribution in [0.15, 0.2) is 76.4 Å². The molecule has 3 aromatic rings. The Bertz CT molecular complexity index is 1200. The number of aliphatic hydroxyl groups is 1. The molecule has 174 valence electrons. The van der Waals surface area contributed by atoms with Crippen molar-refractivity contribution >= 4 is 13.7 Å². The standard InChI is InChI=1S/C23H26N2O7P/c1-31-33(30,32-2)21(27)13-20(26)19-16-24(14-17-9-5-3-6-10-17)23(29)25(22(19)28)15-18-11-7-4-8-12-18/h3-12,16,21,27,30H,13-15H2,1-2H3/q+1. The van der Waals surface area contributed by atoms with Crippen LogP contribution in [0.3, 0.4) is 0 Å². The summed E-state index contributed by atoms with van der Waals surface area (Å²) in [6, 6.07) is 18.1. The van der Waals surface area contributed by atoms with Crippen LogP contribution in [0, 0.1) is 0 Å². The van der Waals surface area contributed by atoms with Gasteiger partial charge in [-0.15, -0.1) is 0 Å². The van der Waals surface area contributed by atoms with Crippen molar-refractivity contribution in [3.05, 3.63) is 104 Å². The molecular weight excluding hydrogens is 447 g/mol. The molecule has 0 aliphatic rings. The molecule has 2 N–H and O–H groups in total. The van der Waals surface area contributed by atoms with Crippen LogP contribution in [0.25, 0.3) is 0 Å². The number of hydrogen-bond donors (Lipinski definition) is 2. The molecule has 0 amide bonds. The Morgan fingerprint density at radius 1 is 0.939 bits per heavy atom. The van der Waals surface area contributed by atoms with E-state index < -0.39 is 37.2 Å². The van der Waals surface area contributed by atoms with Gasteiger partial charge in [-0.3, -0.25) is 18.7 Å². The van der Waals surface area contributed by atoms with E-state index in [1.165, 1.54) is 10.8 Å². The summed E-state index contributed by atoms with van der Waals surface area (Å²) >= 11 is 0. The second-order valence-corrected chi connectivity index (χ2v) is 9.81. The van der Waals surface area contributed by atoms with Crippen molar-refractivity contribution in [3.8, 4) is 0 Å². The number of rotatable bonds is 10. The van der Waals surface area contributed by atoms with Gasteiger partial charge in [0.15, 0.2) is 5.78 Å². The van der Waals surface area contributed by atoms with Crippen LogP contribution in [0.4, 0.5) is 0 Å². The Balaban J connectivity index is 2.05. The summed E-state index contributed by atoms with van der Waals surface area (Å²) in [4.78, 5) is 49.5. The maximum Gasteiger partial charge on any atom is 0.439 e. The fourth-order valence-corrected chi connectivity index (χ4v) is 4.39. The zero-order valence-electron chi connectivity index (χ0n) is 18.3. The second-order valence-electron chi connectivity index (χ2n) is 7.35. The van der Waals surface area contributed by atoms with Crippen LogP contribution in [-0.4, -0.2) is 45.0 Å². The summed E-state index contributed by atoms with van der Waals surface area (Å²) in [6.07, 6.45) is 0.585. The molecule has 10 heteroatoms. The van der Waals surface area contributed by atoms with Crippen LogP contribution in [0.5, 0.6) is 0 Å². The van der Waals surface area contributed by atoms with Crippen molar-refractivity contribution < 1.29 is 23.8 Å². The van der Waals surface area contributed by atoms with E-state index in [-0.39, 0.29) is 18.7 Å². The van der Waals surface area contributed by atoms with Crippen LogP contribution in [-0.2, 0) is 22.1 Å². The number of benzene rings is 2. The van der Waals surface area contributed by atoms with E-state index in [1.807, 2.05) is 36.4 Å². The van der Waals surface area contributed by atoms with E-state index in [2.05, 4.69) is 0 Å². The summed E-state index contributed by atoms with van der Waals surface area (Å²) in [7, 11) is -1.40. The predicted molar refractivity (Wildman–Crippen MR) is 124 cm³/mol. The quantitative estimate of drug-likeness (QED) is 0.342. The molecule has 1 atom stereocenters. The molecule has 0 saturated carbocycles. The lowest BCUT2D eigenvalue weighted by Gasteiger charge is -2.18. The molecule has 0 radical (unpaired) electrons. The second kappa shape index (κ2) is 10.8. The lowest BCUT2D eigenvalue weighted by Crippen LogP contribution is -2.43. The molecule has 0 spiro atoms. The van der Waals surface area contributed by atoms with Gasteiger partial charge in [0.2, 0.25) is 0 Å². The first-order valence-corrected chi connectivity index (χ1v) is 11.8. The van der Waals surface area contributed by atoms with Gasteiger partial charge in [0.05, 0.1) is 39.3 Å². The molecule has 1 aromatic heterocycles. The average molecular weight is 473 g/mol. The Kier molecular flexibility index (Phi) is 8.07. The van der Waals surface area contributed by atoms with Crippen LogP contribution in [0.1, 0.15) is 27.9 Å². The van der Waals surface area contributed by atoms with Gasteiger partial charge in [0, 0.05) is 6.20 Å². The highest BCUT2D eigenvalue weighted by Crippen LogP contribution is 2.60. The summed E-state index contributed by atoms with van der Waals surface area (Å²) in [5, 5.41) is 10.3. The molecule has 0 aliphatic carbocycles. The summed E-state index contributed by atoms with van der Waals surface area (Å²) in [6.45, 7) is 0.120. The number of aliphatic hydroxyl groups excluding tert-OH is 1. The third-order valence-electron chi connectivity index (χ3n) is 5.18. The minimum atomic E-state index is -3.70. The Hall–Kier alpha value is -2.94. The summed E-state index contributed by atoms with van der Waals surface area (Å²) in [5.74, 6) is -2.40. The highest BCUT2D eigenvalue weighted by Gasteiger charge is 2.49. The first kappa shape index (κ1) is 24.7. The molecule has 1 heterocycles. The van der Waals surface area contributed by atoms with Gasteiger partial charge >= 0.3 is 13.6 Å². The molecule has 9 nitrogen and oxygen atoms in total. The van der Waals surface area contributed by atoms with Crippen molar-refractivity contribution in [1.82, 2.24) is 9.13 Å². The highest BCUT2D eigenvalue weighted by atomic mass is 31.2. The fraction of sp³-hybridized carbons (Fsp3) is 0.261. The van der Waals surface area contributed by atoms with Crippen molar-refractivity contribution in [2.45, 2.75) is 25.4 Å². The normalized spacial score (nSPS) is 12.5. The van der Waals surface area contributed by atoms with Gasteiger partial charge in [0.25, 0.3) is 11.4 Å². The first-order chi connectivity index (χ1) is 15.8. The van der Waals surface area contributed by atoms with E-state index in [0.717, 1.165) is 24.4 Å². The largest absolute Gasteiger partial charge is 0.439 e. The number of Topliss-reactive ketones (excluding diaryl/α,β-unsaturated/α-hetero) is 1. The minimum absolute atomic E-state index is 0.0238. The number of carbonyl (C=O) groups excluding carboxylic acids is 1. The van der Waals surface area contributed by atoms with Crippen LogP contribution < -0.4 is 11.2 Å². The Morgan fingerprint density at radius 3 is 1.97 bits per heavy atom. The molecule has 33 heavy (non-hydrogen) atoms. The lowest BCUT2D eigenvalue weighted by atomic mass is 10.1. The number of ketones is 1. The van der Waals surface area contributed by atoms with E-state index in [0.29, 0.717) is 5.56 Å². The van der Waals surface area contributed by atoms with Crippen LogP contribution >= 0.6 is 7.94 Å². The fourth-order valence-electron chi connectivity index (χ4n) is 3.35. The molecule has 0 bridgehead atoms. The van der Waals surface area contributed by atoms with Gasteiger partial charge in [0.1, 0.15) is 0 Å². The number of nitrogens with zero attached hydrogens (tertiary/aromatic N) is 2. The third kappa shape index (κ3) is 5.71. The number of carbonyl (C=O) groups is 1. The highest BCUT2D eigenvalue weighted by molar-refractivity contribution is 7.61. The molecule has 0 fully saturated rings. The number of hydrogen-bond acceptors (Lipinski definition) is 7. The van der Waals surface area contributed by atoms with Gasteiger partial charge in [-0.2, -0.15) is 13.9 Å². The van der Waals surface area contributed by atoms with E-state index in [9.17, 15) is 24.4 Å². The average Bonchev–Trinajstić information content (AvgIpc) is 2.84. The smallest absolute Gasteiger partial charge is 0.353 e. The SMILES string of the molecule is CO[P+](O)(OC)C(O)CC(=O)c1cn(Cc2ccccc2)c(=O)n(Cc2ccccc2)c1=O. The van der Waals surface area contributed by atoms with Crippen molar-refractivity contribution in [2.75, 3.05) is 14.2 Å². The summed E-state index contributed by atoms with van der Waals surface area (Å²) in [5.41, 5.74) is -0.0994. The Labute approximate surface area is 191 Å². The van der Waals surface area contributed by atoms with Crippen LogP contribution in [0.2, 0.25) is 0 Å². The Morgan fingerprint density at radius 2 is 1.45 bits per heavy atom. The van der Waals surface area contributed by atoms with E-state index in [1.54, 1.807) is 24.3 Å². The molecule has 1 unspecified atom stereocenters. The zero-order chi connectivity index (χ0) is 24.0. The van der Waals surface area contributed by atoms with Crippen molar-refractivity contribution in [1.29, 1.82) is 0 Å². The lowest BCUT2D eigenvalue weighted by molar-refractivity contribution is 0.0885. The van der Waals surface area contributed by atoms with E-state index in [4.69, 9.17) is 9.05 Å². The predicted octanol–water partition coefficient (Wildman–Crippen LogP) is 2.05. The molecule has 0 aliphatic heterocycles. The summed E-state index contributed by atoms with van der Waals surface area (Å²) < 4.78 is 12.0. The van der Waals surface area contributed by atoms with Crippen molar-refractivity contribution in [2.24, 2.45) is 0 Å². The van der Waals surface area contributed by atoms with Gasteiger partial charge in [-0.05, 0) is 11.1 Å². The molecular formula is C23H26N2O7P+. The topological polar surface area (TPSA) is 120 Å². The third-order valence-corrected chi connectivity index (χ3v) is 7.17. The monoisotopic (exact) mass is 473 g/mol.